The summed E-state index contributed by atoms with van der Waals surface area (Å²) in [6, 6.07) is 7.71. The van der Waals surface area contributed by atoms with Crippen LogP contribution < -0.4 is 5.32 Å². The summed E-state index contributed by atoms with van der Waals surface area (Å²) in [6.45, 7) is 3.58. The summed E-state index contributed by atoms with van der Waals surface area (Å²) in [7, 11) is 1.11. The average Bonchev–Trinajstić information content (AvgIpc) is 2.64. The third-order valence-electron chi connectivity index (χ3n) is 3.80. The van der Waals surface area contributed by atoms with Crippen molar-refractivity contribution in [2.45, 2.75) is 5.92 Å². The maximum absolute atomic E-state index is 12.5. The Bertz CT molecular complexity index is 843. The third-order valence-corrected chi connectivity index (χ3v) is 4.81. The van der Waals surface area contributed by atoms with E-state index in [2.05, 4.69) is 11.9 Å². The van der Waals surface area contributed by atoms with Crippen LogP contribution in [-0.2, 0) is 14.3 Å². The van der Waals surface area contributed by atoms with Crippen LogP contribution in [0.15, 0.2) is 47.5 Å². The number of allylic oxidation sites excluding steroid dienone is 1. The normalized spacial score (nSPS) is 19.3. The minimum absolute atomic E-state index is 0.0705. The number of nitro groups is 1. The van der Waals surface area contributed by atoms with Crippen molar-refractivity contribution in [2.24, 2.45) is 5.92 Å². The van der Waals surface area contributed by atoms with Gasteiger partial charge in [0.25, 0.3) is 5.69 Å². The largest absolute Gasteiger partial charge is 0.468 e. The standard InChI is InChI=1S/C17H15N3O5S/c1-3-8-26-16-11(9-18)13(14(15(21)19-16)17(22)25-2)10-6-4-5-7-12(10)20(23)24/h3-7,13-14H,1,8H2,2H3,(H,19,21)/t13-,14-/m0/s1. The first-order chi connectivity index (χ1) is 12.5. The fourth-order valence-electron chi connectivity index (χ4n) is 2.71. The monoisotopic (exact) mass is 373 g/mol. The van der Waals surface area contributed by atoms with Crippen molar-refractivity contribution in [1.29, 1.82) is 5.26 Å². The molecule has 26 heavy (non-hydrogen) atoms. The number of benzene rings is 1. The Morgan fingerprint density at radius 3 is 2.81 bits per heavy atom. The van der Waals surface area contributed by atoms with Gasteiger partial charge in [-0.05, 0) is 0 Å². The molecule has 0 saturated heterocycles. The highest BCUT2D eigenvalue weighted by molar-refractivity contribution is 8.03. The van der Waals surface area contributed by atoms with E-state index in [9.17, 15) is 25.0 Å². The molecule has 2 atom stereocenters. The average molecular weight is 373 g/mol. The molecular formula is C17H15N3O5S. The number of carbonyl (C=O) groups is 2. The second-order valence-electron chi connectivity index (χ2n) is 5.24. The topological polar surface area (TPSA) is 122 Å². The Balaban J connectivity index is 2.73. The van der Waals surface area contributed by atoms with Crippen LogP contribution in [0, 0.1) is 27.4 Å². The number of thioether (sulfide) groups is 1. The van der Waals surface area contributed by atoms with Crippen LogP contribution >= 0.6 is 11.8 Å². The Kier molecular flexibility index (Phi) is 6.14. The molecule has 0 aromatic heterocycles. The van der Waals surface area contributed by atoms with E-state index in [1.165, 1.54) is 18.2 Å². The molecule has 0 unspecified atom stereocenters. The van der Waals surface area contributed by atoms with Gasteiger partial charge in [-0.1, -0.05) is 24.3 Å². The van der Waals surface area contributed by atoms with Crippen molar-refractivity contribution in [1.82, 2.24) is 5.32 Å². The lowest BCUT2D eigenvalue weighted by atomic mass is 9.78. The van der Waals surface area contributed by atoms with E-state index >= 15 is 0 Å². The minimum Gasteiger partial charge on any atom is -0.468 e. The maximum atomic E-state index is 12.5. The molecular weight excluding hydrogens is 358 g/mol. The number of nitrogens with one attached hydrogen (secondary N) is 1. The number of amides is 1. The quantitative estimate of drug-likeness (QED) is 0.267. The Labute approximate surface area is 153 Å². The Morgan fingerprint density at radius 2 is 2.23 bits per heavy atom. The lowest BCUT2D eigenvalue weighted by Crippen LogP contribution is -2.44. The van der Waals surface area contributed by atoms with Crippen molar-refractivity contribution in [2.75, 3.05) is 12.9 Å². The summed E-state index contributed by atoms with van der Waals surface area (Å²) in [5.41, 5.74) is -0.0981. The molecule has 0 fully saturated rings. The number of hydrogen-bond acceptors (Lipinski definition) is 7. The predicted molar refractivity (Wildman–Crippen MR) is 94.8 cm³/mol. The summed E-state index contributed by atoms with van der Waals surface area (Å²) in [6.07, 6.45) is 1.59. The smallest absolute Gasteiger partial charge is 0.319 e. The van der Waals surface area contributed by atoms with Crippen LogP contribution in [0.1, 0.15) is 11.5 Å². The first-order valence-corrected chi connectivity index (χ1v) is 8.44. The molecule has 9 heteroatoms. The molecule has 1 aromatic carbocycles. The highest BCUT2D eigenvalue weighted by Gasteiger charge is 2.46. The molecule has 8 nitrogen and oxygen atoms in total. The molecule has 0 spiro atoms. The van der Waals surface area contributed by atoms with E-state index in [4.69, 9.17) is 4.74 Å². The number of esters is 1. The number of nitro benzene ring substituents is 1. The number of methoxy groups -OCH3 is 1. The highest BCUT2D eigenvalue weighted by Crippen LogP contribution is 2.43. The summed E-state index contributed by atoms with van der Waals surface area (Å²) < 4.78 is 4.70. The second-order valence-corrected chi connectivity index (χ2v) is 6.27. The Morgan fingerprint density at radius 1 is 1.54 bits per heavy atom. The minimum atomic E-state index is -1.40. The van der Waals surface area contributed by atoms with Gasteiger partial charge in [-0.2, -0.15) is 5.26 Å². The van der Waals surface area contributed by atoms with Gasteiger partial charge in [0.15, 0.2) is 0 Å². The zero-order valence-corrected chi connectivity index (χ0v) is 14.6. The first-order valence-electron chi connectivity index (χ1n) is 7.46. The van der Waals surface area contributed by atoms with Crippen LogP contribution in [0.2, 0.25) is 0 Å². The molecule has 1 N–H and O–H groups in total. The van der Waals surface area contributed by atoms with Gasteiger partial charge >= 0.3 is 5.97 Å². The van der Waals surface area contributed by atoms with E-state index in [0.717, 1.165) is 18.9 Å². The number of carbonyl (C=O) groups excluding carboxylic acids is 2. The number of nitriles is 1. The van der Waals surface area contributed by atoms with Gasteiger partial charge in [-0.15, -0.1) is 18.3 Å². The van der Waals surface area contributed by atoms with Crippen LogP contribution in [0.25, 0.3) is 0 Å². The van der Waals surface area contributed by atoms with Crippen LogP contribution in [0.5, 0.6) is 0 Å². The Hall–Kier alpha value is -3.12. The van der Waals surface area contributed by atoms with E-state index in [-0.39, 0.29) is 21.9 Å². The van der Waals surface area contributed by atoms with Crippen LogP contribution in [-0.4, -0.2) is 29.7 Å². The van der Waals surface area contributed by atoms with Gasteiger partial charge in [0.1, 0.15) is 5.92 Å². The molecule has 1 heterocycles. The number of ether oxygens (including phenoxy) is 1. The van der Waals surface area contributed by atoms with E-state index < -0.39 is 28.6 Å². The summed E-state index contributed by atoms with van der Waals surface area (Å²) in [4.78, 5) is 35.5. The number of para-hydroxylation sites is 1. The van der Waals surface area contributed by atoms with Gasteiger partial charge in [0, 0.05) is 17.4 Å². The summed E-state index contributed by atoms with van der Waals surface area (Å²) in [5.74, 6) is -3.65. The lowest BCUT2D eigenvalue weighted by Gasteiger charge is -2.30. The van der Waals surface area contributed by atoms with Gasteiger partial charge in [0.2, 0.25) is 5.91 Å². The van der Waals surface area contributed by atoms with Gasteiger partial charge in [-0.3, -0.25) is 19.7 Å². The second kappa shape index (κ2) is 8.31. The molecule has 134 valence electrons. The zero-order chi connectivity index (χ0) is 19.3. The molecule has 0 aliphatic carbocycles. The van der Waals surface area contributed by atoms with Gasteiger partial charge in [0.05, 0.1) is 34.6 Å². The zero-order valence-electron chi connectivity index (χ0n) is 13.8. The van der Waals surface area contributed by atoms with E-state index in [0.29, 0.717) is 5.75 Å². The molecule has 1 aliphatic rings. The SMILES string of the molecule is C=CCSC1=C(C#N)[C@H](c2ccccc2[N+](=O)[O-])[C@H](C(=O)OC)C(=O)N1. The highest BCUT2D eigenvalue weighted by atomic mass is 32.2. The third kappa shape index (κ3) is 3.60. The molecule has 1 amide bonds. The van der Waals surface area contributed by atoms with Gasteiger partial charge < -0.3 is 10.1 Å². The van der Waals surface area contributed by atoms with Crippen LogP contribution in [0.4, 0.5) is 5.69 Å². The fraction of sp³-hybridized carbons (Fsp3) is 0.235. The van der Waals surface area contributed by atoms with Crippen LogP contribution in [0.3, 0.4) is 0 Å². The molecule has 1 aromatic rings. The molecule has 0 radical (unpaired) electrons. The molecule has 0 saturated carbocycles. The number of nitrogens with zero attached hydrogens (tertiary/aromatic N) is 2. The van der Waals surface area contributed by atoms with E-state index in [1.807, 2.05) is 6.07 Å². The molecule has 1 aliphatic heterocycles. The fourth-order valence-corrected chi connectivity index (χ4v) is 3.50. The van der Waals surface area contributed by atoms with Crippen molar-refractivity contribution < 1.29 is 19.2 Å². The summed E-state index contributed by atoms with van der Waals surface area (Å²) in [5, 5.41) is 23.9. The number of rotatable bonds is 6. The van der Waals surface area contributed by atoms with E-state index in [1.54, 1.807) is 12.1 Å². The number of hydrogen-bond donors (Lipinski definition) is 1. The van der Waals surface area contributed by atoms with Gasteiger partial charge in [-0.25, -0.2) is 0 Å². The van der Waals surface area contributed by atoms with Crippen molar-refractivity contribution in [3.05, 3.63) is 63.2 Å². The molecule has 2 rings (SSSR count). The predicted octanol–water partition coefficient (Wildman–Crippen LogP) is 2.25. The lowest BCUT2D eigenvalue weighted by molar-refractivity contribution is -0.385. The van der Waals surface area contributed by atoms with Crippen molar-refractivity contribution in [3.63, 3.8) is 0 Å². The summed E-state index contributed by atoms with van der Waals surface area (Å²) >= 11 is 1.15. The van der Waals surface area contributed by atoms with Crippen molar-refractivity contribution >= 4 is 29.3 Å². The molecule has 0 bridgehead atoms. The van der Waals surface area contributed by atoms with Crippen molar-refractivity contribution in [3.8, 4) is 6.07 Å². The maximum Gasteiger partial charge on any atom is 0.319 e. The first kappa shape index (κ1) is 19.2.